The highest BCUT2D eigenvalue weighted by molar-refractivity contribution is 6.22. The lowest BCUT2D eigenvalue weighted by Crippen LogP contribution is -2.30. The maximum Gasteiger partial charge on any atom is 0.237 e. The zero-order chi connectivity index (χ0) is 21.4. The Hall–Kier alpha value is -2.95. The molecule has 1 aliphatic heterocycles. The fourth-order valence-corrected chi connectivity index (χ4v) is 4.48. The number of hydrogen-bond donors (Lipinski definition) is 0. The van der Waals surface area contributed by atoms with Crippen LogP contribution in [-0.2, 0) is 9.59 Å². The predicted molar refractivity (Wildman–Crippen MR) is 115 cm³/mol. The number of benzene rings is 2. The number of amides is 2. The molecule has 156 valence electrons. The van der Waals surface area contributed by atoms with Gasteiger partial charge in [-0.05, 0) is 80.5 Å². The molecule has 2 fully saturated rings. The fraction of sp³-hybridized carbons (Fsp3) is 0.400. The average molecular weight is 405 g/mol. The molecule has 5 nitrogen and oxygen atoms in total. The van der Waals surface area contributed by atoms with Crippen LogP contribution in [0.4, 0.5) is 5.69 Å². The highest BCUT2D eigenvalue weighted by atomic mass is 16.5. The maximum absolute atomic E-state index is 12.8. The van der Waals surface area contributed by atoms with Crippen molar-refractivity contribution in [1.29, 1.82) is 0 Å². The topological polar surface area (TPSA) is 63.7 Å². The molecule has 1 saturated heterocycles. The van der Waals surface area contributed by atoms with Gasteiger partial charge in [0.05, 0.1) is 17.5 Å². The van der Waals surface area contributed by atoms with Gasteiger partial charge in [-0.25, -0.2) is 0 Å². The summed E-state index contributed by atoms with van der Waals surface area (Å²) >= 11 is 0. The van der Waals surface area contributed by atoms with E-state index in [9.17, 15) is 14.4 Å². The van der Waals surface area contributed by atoms with Crippen LogP contribution in [0.3, 0.4) is 0 Å². The largest absolute Gasteiger partial charge is 0.485 e. The molecular weight excluding hydrogens is 378 g/mol. The van der Waals surface area contributed by atoms with E-state index in [0.29, 0.717) is 22.9 Å². The van der Waals surface area contributed by atoms with Gasteiger partial charge < -0.3 is 4.74 Å². The quantitative estimate of drug-likeness (QED) is 0.543. The third-order valence-electron chi connectivity index (χ3n) is 6.48. The van der Waals surface area contributed by atoms with E-state index in [1.54, 1.807) is 24.3 Å². The van der Waals surface area contributed by atoms with Crippen molar-refractivity contribution in [3.63, 3.8) is 0 Å². The van der Waals surface area contributed by atoms with E-state index in [-0.39, 0.29) is 36.0 Å². The van der Waals surface area contributed by atoms with Crippen molar-refractivity contribution in [3.8, 4) is 5.75 Å². The van der Waals surface area contributed by atoms with Crippen molar-refractivity contribution in [2.75, 3.05) is 11.5 Å². The minimum Gasteiger partial charge on any atom is -0.485 e. The summed E-state index contributed by atoms with van der Waals surface area (Å²) in [6.45, 7) is 6.06. The number of fused-ring (bicyclic) bond motifs is 1. The van der Waals surface area contributed by atoms with Crippen molar-refractivity contribution in [3.05, 3.63) is 59.2 Å². The standard InChI is InChI=1S/C25H27NO4/c1-15-4-11-21-22(12-15)25(29)26(24(21)28)19-7-9-20(10-8-19)30-14-23(27)18-6-5-16(2)17(3)13-18/h5-10,13,15,21-22H,4,11-12,14H2,1-3H3/t15-,21+,22-/m0/s1. The molecule has 0 bridgehead atoms. The second-order valence-corrected chi connectivity index (χ2v) is 8.65. The van der Waals surface area contributed by atoms with Crippen molar-refractivity contribution >= 4 is 23.3 Å². The summed E-state index contributed by atoms with van der Waals surface area (Å²) in [5.41, 5.74) is 3.41. The number of aryl methyl sites for hydroxylation is 2. The lowest BCUT2D eigenvalue weighted by atomic mass is 9.76. The summed E-state index contributed by atoms with van der Waals surface area (Å²) in [7, 11) is 0. The van der Waals surface area contributed by atoms with Gasteiger partial charge in [0.2, 0.25) is 11.8 Å². The molecule has 0 N–H and O–H groups in total. The van der Waals surface area contributed by atoms with Crippen LogP contribution in [0.15, 0.2) is 42.5 Å². The second-order valence-electron chi connectivity index (χ2n) is 8.65. The summed E-state index contributed by atoms with van der Waals surface area (Å²) in [4.78, 5) is 39.4. The van der Waals surface area contributed by atoms with Gasteiger partial charge in [0.1, 0.15) is 5.75 Å². The first-order chi connectivity index (χ1) is 14.3. The molecular formula is C25H27NO4. The molecule has 2 aromatic carbocycles. The normalized spacial score (nSPS) is 23.4. The molecule has 1 saturated carbocycles. The molecule has 30 heavy (non-hydrogen) atoms. The lowest BCUT2D eigenvalue weighted by molar-refractivity contribution is -0.122. The number of nitrogens with zero attached hydrogens (tertiary/aromatic N) is 1. The number of imide groups is 1. The number of hydrogen-bond acceptors (Lipinski definition) is 4. The monoisotopic (exact) mass is 405 g/mol. The number of Topliss-reactive ketones (excluding diaryl/α,β-unsaturated/α-hetero) is 1. The Morgan fingerprint density at radius 3 is 2.37 bits per heavy atom. The summed E-state index contributed by atoms with van der Waals surface area (Å²) < 4.78 is 5.63. The Labute approximate surface area is 177 Å². The Balaban J connectivity index is 1.42. The highest BCUT2D eigenvalue weighted by Crippen LogP contribution is 2.42. The van der Waals surface area contributed by atoms with Crippen molar-refractivity contribution in [2.24, 2.45) is 17.8 Å². The summed E-state index contributed by atoms with van der Waals surface area (Å²) in [5.74, 6) is 0.374. The third kappa shape index (κ3) is 3.76. The molecule has 5 heteroatoms. The van der Waals surface area contributed by atoms with Crippen LogP contribution in [0.25, 0.3) is 0 Å². The molecule has 0 unspecified atom stereocenters. The first-order valence-corrected chi connectivity index (χ1v) is 10.6. The minimum absolute atomic E-state index is 0.0640. The first kappa shape index (κ1) is 20.3. The fourth-order valence-electron chi connectivity index (χ4n) is 4.48. The molecule has 2 amide bonds. The summed E-state index contributed by atoms with van der Waals surface area (Å²) in [6.07, 6.45) is 2.57. The number of rotatable bonds is 5. The Morgan fingerprint density at radius 1 is 0.967 bits per heavy atom. The first-order valence-electron chi connectivity index (χ1n) is 10.6. The third-order valence-corrected chi connectivity index (χ3v) is 6.48. The molecule has 0 radical (unpaired) electrons. The van der Waals surface area contributed by atoms with E-state index < -0.39 is 0 Å². The zero-order valence-electron chi connectivity index (χ0n) is 17.7. The number of ketones is 1. The maximum atomic E-state index is 12.8. The summed E-state index contributed by atoms with van der Waals surface area (Å²) in [6, 6.07) is 12.4. The van der Waals surface area contributed by atoms with Gasteiger partial charge in [-0.3, -0.25) is 19.3 Å². The van der Waals surface area contributed by atoms with Gasteiger partial charge in [0, 0.05) is 5.56 Å². The Bertz CT molecular complexity index is 995. The van der Waals surface area contributed by atoms with Gasteiger partial charge in [-0.15, -0.1) is 0 Å². The van der Waals surface area contributed by atoms with Crippen LogP contribution < -0.4 is 9.64 Å². The van der Waals surface area contributed by atoms with Crippen LogP contribution in [0, 0.1) is 31.6 Å². The van der Waals surface area contributed by atoms with E-state index in [1.165, 1.54) is 4.90 Å². The molecule has 3 atom stereocenters. The molecule has 2 aliphatic rings. The zero-order valence-corrected chi connectivity index (χ0v) is 17.7. The van der Waals surface area contributed by atoms with E-state index in [2.05, 4.69) is 6.92 Å². The van der Waals surface area contributed by atoms with E-state index in [0.717, 1.165) is 30.4 Å². The van der Waals surface area contributed by atoms with Gasteiger partial charge in [-0.1, -0.05) is 19.1 Å². The van der Waals surface area contributed by atoms with Crippen molar-refractivity contribution in [2.45, 2.75) is 40.0 Å². The number of anilines is 1. The molecule has 4 rings (SSSR count). The molecule has 1 heterocycles. The van der Waals surface area contributed by atoms with E-state index in [4.69, 9.17) is 4.74 Å². The number of carbonyl (C=O) groups excluding carboxylic acids is 3. The van der Waals surface area contributed by atoms with Crippen LogP contribution >= 0.6 is 0 Å². The smallest absolute Gasteiger partial charge is 0.237 e. The van der Waals surface area contributed by atoms with Crippen LogP contribution in [0.1, 0.15) is 47.7 Å². The van der Waals surface area contributed by atoms with Crippen LogP contribution in [0.2, 0.25) is 0 Å². The Morgan fingerprint density at radius 2 is 1.67 bits per heavy atom. The minimum atomic E-state index is -0.187. The molecule has 0 spiro atoms. The van der Waals surface area contributed by atoms with Gasteiger partial charge >= 0.3 is 0 Å². The van der Waals surface area contributed by atoms with Gasteiger partial charge in [0.15, 0.2) is 12.4 Å². The SMILES string of the molecule is Cc1ccc(C(=O)COc2ccc(N3C(=O)[C@H]4C[C@@H](C)CC[C@H]4C3=O)cc2)cc1C. The number of ether oxygens (including phenoxy) is 1. The van der Waals surface area contributed by atoms with Gasteiger partial charge in [-0.2, -0.15) is 0 Å². The van der Waals surface area contributed by atoms with E-state index in [1.807, 2.05) is 32.0 Å². The lowest BCUT2D eigenvalue weighted by Gasteiger charge is -2.25. The molecule has 0 aromatic heterocycles. The van der Waals surface area contributed by atoms with Crippen molar-refractivity contribution in [1.82, 2.24) is 0 Å². The molecule has 2 aromatic rings. The predicted octanol–water partition coefficient (Wildman–Crippen LogP) is 4.49. The Kier molecular flexibility index (Phi) is 5.46. The number of carbonyl (C=O) groups is 3. The average Bonchev–Trinajstić information content (AvgIpc) is 2.98. The summed E-state index contributed by atoms with van der Waals surface area (Å²) in [5, 5.41) is 0. The highest BCUT2D eigenvalue weighted by Gasteiger charge is 2.49. The van der Waals surface area contributed by atoms with Gasteiger partial charge in [0.25, 0.3) is 0 Å². The van der Waals surface area contributed by atoms with E-state index >= 15 is 0 Å². The second kappa shape index (κ2) is 8.05. The molecule has 1 aliphatic carbocycles. The van der Waals surface area contributed by atoms with Crippen LogP contribution in [-0.4, -0.2) is 24.2 Å². The van der Waals surface area contributed by atoms with Crippen molar-refractivity contribution < 1.29 is 19.1 Å². The van der Waals surface area contributed by atoms with Crippen LogP contribution in [0.5, 0.6) is 5.75 Å².